The van der Waals surface area contributed by atoms with Gasteiger partial charge in [0.1, 0.15) is 28.9 Å². The van der Waals surface area contributed by atoms with E-state index in [2.05, 4.69) is 0 Å². The highest BCUT2D eigenvalue weighted by molar-refractivity contribution is 6.38. The molecule has 7 rings (SSSR count). The number of nitro benzene ring substituents is 2. The number of benzene rings is 4. The van der Waals surface area contributed by atoms with Gasteiger partial charge in [-0.2, -0.15) is 0 Å². The minimum atomic E-state index is -1.45. The van der Waals surface area contributed by atoms with Crippen LogP contribution in [-0.4, -0.2) is 64.3 Å². The molecule has 0 bridgehead atoms. The molecule has 3 heterocycles. The second-order valence-electron chi connectivity index (χ2n) is 11.3. The minimum Gasteiger partial charge on any atom is -0.482 e. The normalized spacial score (nSPS) is 19.8. The van der Waals surface area contributed by atoms with E-state index >= 15 is 0 Å². The van der Waals surface area contributed by atoms with Crippen LogP contribution in [0, 0.1) is 20.2 Å². The number of nitro groups is 2. The third-order valence-corrected chi connectivity index (χ3v) is 9.51. The van der Waals surface area contributed by atoms with Crippen LogP contribution in [0.25, 0.3) is 0 Å². The van der Waals surface area contributed by atoms with Crippen molar-refractivity contribution in [1.29, 1.82) is 0 Å². The Bertz CT molecular complexity index is 2170. The Hall–Kier alpha value is -5.35. The molecule has 1 saturated heterocycles. The summed E-state index contributed by atoms with van der Waals surface area (Å²) in [6.07, 6.45) is -5.22. The Labute approximate surface area is 306 Å². The quantitative estimate of drug-likeness (QED) is 0.150. The van der Waals surface area contributed by atoms with E-state index < -0.39 is 52.3 Å². The van der Waals surface area contributed by atoms with E-state index in [-0.39, 0.29) is 65.5 Å². The Morgan fingerprint density at radius 1 is 0.706 bits per heavy atom. The predicted molar refractivity (Wildman–Crippen MR) is 183 cm³/mol. The fourth-order valence-corrected chi connectivity index (χ4v) is 7.54. The van der Waals surface area contributed by atoms with Crippen molar-refractivity contribution in [2.75, 3.05) is 16.9 Å². The lowest BCUT2D eigenvalue weighted by Gasteiger charge is -2.43. The van der Waals surface area contributed by atoms with E-state index in [4.69, 9.17) is 60.6 Å². The maximum atomic E-state index is 14.6. The summed E-state index contributed by atoms with van der Waals surface area (Å²) in [6.45, 7) is 0. The molecule has 0 spiro atoms. The number of hydrogen-bond acceptors (Lipinski definition) is 10. The zero-order valence-corrected chi connectivity index (χ0v) is 28.6. The maximum Gasteiger partial charge on any atom is 0.414 e. The van der Waals surface area contributed by atoms with Crippen molar-refractivity contribution < 1.29 is 38.4 Å². The van der Waals surface area contributed by atoms with Gasteiger partial charge in [-0.1, -0.05) is 46.4 Å². The van der Waals surface area contributed by atoms with E-state index in [1.165, 1.54) is 53.4 Å². The number of anilines is 2. The average Bonchev–Trinajstić information content (AvgIpc) is 3.41. The van der Waals surface area contributed by atoms with Gasteiger partial charge in [0.15, 0.2) is 12.3 Å². The van der Waals surface area contributed by atoms with E-state index in [1.807, 2.05) is 0 Å². The van der Waals surface area contributed by atoms with E-state index in [9.17, 15) is 34.6 Å². The number of likely N-dealkylation sites (tertiary alicyclic amines) is 1. The second kappa shape index (κ2) is 12.8. The van der Waals surface area contributed by atoms with Gasteiger partial charge >= 0.3 is 6.09 Å². The number of amides is 3. The van der Waals surface area contributed by atoms with Gasteiger partial charge in [0.25, 0.3) is 23.2 Å². The van der Waals surface area contributed by atoms with Gasteiger partial charge in [0.05, 0.1) is 27.0 Å². The smallest absolute Gasteiger partial charge is 0.414 e. The number of carbonyl (C=O) groups is 3. The van der Waals surface area contributed by atoms with Crippen LogP contribution in [0.4, 0.5) is 27.5 Å². The van der Waals surface area contributed by atoms with Gasteiger partial charge in [0.2, 0.25) is 6.23 Å². The molecule has 4 unspecified atom stereocenters. The number of rotatable bonds is 4. The first-order valence-corrected chi connectivity index (χ1v) is 16.2. The largest absolute Gasteiger partial charge is 0.482 e. The molecule has 0 radical (unpaired) electrons. The number of methoxy groups -OCH3 is 1. The van der Waals surface area contributed by atoms with Gasteiger partial charge in [-0.05, 0) is 36.4 Å². The monoisotopic (exact) mass is 773 g/mol. The van der Waals surface area contributed by atoms with Gasteiger partial charge < -0.3 is 14.2 Å². The van der Waals surface area contributed by atoms with Crippen molar-refractivity contribution in [2.24, 2.45) is 0 Å². The molecule has 19 heteroatoms. The van der Waals surface area contributed by atoms with Gasteiger partial charge in [-0.25, -0.2) is 9.69 Å². The van der Waals surface area contributed by atoms with Crippen LogP contribution >= 0.6 is 46.4 Å². The molecular formula is C32H19Cl4N5O10. The molecule has 51 heavy (non-hydrogen) atoms. The molecule has 4 atom stereocenters. The number of carbonyl (C=O) groups excluding carboxylic acids is 3. The summed E-state index contributed by atoms with van der Waals surface area (Å²) in [5, 5.41) is 22.9. The lowest BCUT2D eigenvalue weighted by atomic mass is 10.0. The number of ether oxygens (including phenoxy) is 3. The molecule has 1 fully saturated rings. The van der Waals surface area contributed by atoms with E-state index in [1.54, 1.807) is 0 Å². The Balaban J connectivity index is 1.45. The topological polar surface area (TPSA) is 175 Å². The fourth-order valence-electron chi connectivity index (χ4n) is 6.41. The number of fused-ring (bicyclic) bond motifs is 5. The Morgan fingerprint density at radius 2 is 1.16 bits per heavy atom. The highest BCUT2D eigenvalue weighted by atomic mass is 35.5. The highest BCUT2D eigenvalue weighted by Crippen LogP contribution is 2.53. The average molecular weight is 775 g/mol. The minimum absolute atomic E-state index is 0.00704. The predicted octanol–water partition coefficient (Wildman–Crippen LogP) is 7.37. The van der Waals surface area contributed by atoms with Crippen molar-refractivity contribution >= 4 is 87.1 Å². The van der Waals surface area contributed by atoms with Gasteiger partial charge in [0, 0.05) is 57.6 Å². The molecule has 15 nitrogen and oxygen atoms in total. The first-order chi connectivity index (χ1) is 24.3. The second-order valence-corrected chi connectivity index (χ2v) is 13.0. The lowest BCUT2D eigenvalue weighted by Crippen LogP contribution is -2.60. The molecule has 0 saturated carbocycles. The number of non-ortho nitro benzene ring substituents is 2. The Morgan fingerprint density at radius 3 is 1.63 bits per heavy atom. The zero-order valence-electron chi connectivity index (χ0n) is 25.6. The summed E-state index contributed by atoms with van der Waals surface area (Å²) in [7, 11) is 1.10. The van der Waals surface area contributed by atoms with Crippen LogP contribution in [0.2, 0.25) is 20.1 Å². The SMILES string of the molecule is COC(=O)N1C2Oc3cc(Cl)cc(Cl)c3N(C(=O)c3ccc([N+](=O)[O-])cc3)C2C2Oc3cc(Cl)cc(Cl)c3N(C(=O)c3ccc([N+](=O)[O-])cc3)C21. The maximum absolute atomic E-state index is 14.6. The standard InChI is InChI=1S/C32H19Cl4N5O10/c1-49-32(44)39-28-27(50-22-12-16(33)11-21(36)25(22)38(28)30(43)15-4-8-19(9-5-15)41(47)48)26-31(39)51-23-13-17(34)10-20(35)24(23)37(26)29(42)14-2-6-18(7-3-14)40(45)46/h2-13,26-28,31H,1H3. The summed E-state index contributed by atoms with van der Waals surface area (Å²) in [6, 6.07) is 13.7. The molecule has 0 aromatic heterocycles. The van der Waals surface area contributed by atoms with Gasteiger partial charge in [-0.3, -0.25) is 39.6 Å². The van der Waals surface area contributed by atoms with E-state index in [0.717, 1.165) is 41.2 Å². The Kier molecular flexibility index (Phi) is 8.54. The third kappa shape index (κ3) is 5.58. The van der Waals surface area contributed by atoms with Crippen LogP contribution in [-0.2, 0) is 4.74 Å². The van der Waals surface area contributed by atoms with Crippen LogP contribution in [0.15, 0.2) is 72.8 Å². The first-order valence-electron chi connectivity index (χ1n) is 14.6. The fraction of sp³-hybridized carbons (Fsp3) is 0.156. The summed E-state index contributed by atoms with van der Waals surface area (Å²) in [5.74, 6) is -1.53. The highest BCUT2D eigenvalue weighted by Gasteiger charge is 2.65. The van der Waals surface area contributed by atoms with Crippen molar-refractivity contribution in [3.05, 3.63) is 124 Å². The van der Waals surface area contributed by atoms with Crippen LogP contribution in [0.1, 0.15) is 20.7 Å². The molecule has 4 aromatic carbocycles. The molecule has 3 aliphatic heterocycles. The summed E-state index contributed by atoms with van der Waals surface area (Å²) >= 11 is 26.1. The number of hydrogen-bond donors (Lipinski definition) is 0. The van der Waals surface area contributed by atoms with Crippen molar-refractivity contribution in [2.45, 2.75) is 24.5 Å². The van der Waals surface area contributed by atoms with Crippen molar-refractivity contribution in [3.63, 3.8) is 0 Å². The van der Waals surface area contributed by atoms with E-state index in [0.29, 0.717) is 0 Å². The molecule has 3 aliphatic rings. The van der Waals surface area contributed by atoms with Crippen molar-refractivity contribution in [3.8, 4) is 11.5 Å². The molecule has 0 N–H and O–H groups in total. The van der Waals surface area contributed by atoms with Crippen LogP contribution in [0.3, 0.4) is 0 Å². The summed E-state index contributed by atoms with van der Waals surface area (Å²) in [5.41, 5.74) is -0.561. The number of halogens is 4. The zero-order chi connectivity index (χ0) is 36.5. The van der Waals surface area contributed by atoms with Crippen LogP contribution < -0.4 is 19.3 Å². The third-order valence-electron chi connectivity index (χ3n) is 8.50. The molecular weight excluding hydrogens is 756 g/mol. The lowest BCUT2D eigenvalue weighted by molar-refractivity contribution is -0.385. The first kappa shape index (κ1) is 34.1. The molecule has 0 aliphatic carbocycles. The summed E-state index contributed by atoms with van der Waals surface area (Å²) < 4.78 is 18.0. The molecule has 3 amide bonds. The van der Waals surface area contributed by atoms with Gasteiger partial charge in [-0.15, -0.1) is 0 Å². The summed E-state index contributed by atoms with van der Waals surface area (Å²) in [4.78, 5) is 67.8. The van der Waals surface area contributed by atoms with Crippen LogP contribution in [0.5, 0.6) is 11.5 Å². The number of nitrogens with zero attached hydrogens (tertiary/aromatic N) is 5. The molecule has 260 valence electrons. The van der Waals surface area contributed by atoms with Crippen molar-refractivity contribution in [1.82, 2.24) is 4.90 Å². The molecule has 4 aromatic rings.